The quantitative estimate of drug-likeness (QED) is 0.790. The van der Waals surface area contributed by atoms with E-state index < -0.39 is 17.8 Å². The van der Waals surface area contributed by atoms with Crippen molar-refractivity contribution < 1.29 is 19.1 Å². The second kappa shape index (κ2) is 6.80. The van der Waals surface area contributed by atoms with E-state index in [1.807, 2.05) is 0 Å². The molecule has 0 spiro atoms. The van der Waals surface area contributed by atoms with Gasteiger partial charge in [0, 0.05) is 18.3 Å². The zero-order valence-electron chi connectivity index (χ0n) is 10.8. The number of para-hydroxylation sites is 1. The summed E-state index contributed by atoms with van der Waals surface area (Å²) in [5.41, 5.74) is 0.0863. The topological polar surface area (TPSA) is 91.3 Å². The number of carboxylic acids is 1. The van der Waals surface area contributed by atoms with Gasteiger partial charge in [0.05, 0.1) is 10.7 Å². The van der Waals surface area contributed by atoms with Gasteiger partial charge in [-0.1, -0.05) is 12.1 Å². The number of carboxylic acid groups (broad SMARTS) is 1. The van der Waals surface area contributed by atoms with E-state index in [2.05, 4.69) is 15.6 Å². The molecule has 0 saturated heterocycles. The van der Waals surface area contributed by atoms with Crippen molar-refractivity contribution in [3.8, 4) is 0 Å². The number of carbonyl (C=O) groups is 2. The molecule has 21 heavy (non-hydrogen) atoms. The maximum atomic E-state index is 13.3. The summed E-state index contributed by atoms with van der Waals surface area (Å²) >= 11 is 1.21. The second-order valence-electron chi connectivity index (χ2n) is 4.04. The van der Waals surface area contributed by atoms with E-state index in [0.717, 1.165) is 0 Å². The van der Waals surface area contributed by atoms with Gasteiger partial charge >= 0.3 is 12.0 Å². The average molecular weight is 309 g/mol. The first-order valence-corrected chi connectivity index (χ1v) is 6.91. The van der Waals surface area contributed by atoms with Crippen molar-refractivity contribution in [3.63, 3.8) is 0 Å². The van der Waals surface area contributed by atoms with E-state index in [1.54, 1.807) is 6.07 Å². The lowest BCUT2D eigenvalue weighted by Gasteiger charge is -2.07. The summed E-state index contributed by atoms with van der Waals surface area (Å²) in [7, 11) is 0. The molecule has 0 radical (unpaired) electrons. The van der Waals surface area contributed by atoms with Gasteiger partial charge in [0.15, 0.2) is 5.69 Å². The molecule has 110 valence electrons. The summed E-state index contributed by atoms with van der Waals surface area (Å²) in [5.74, 6) is -1.60. The Morgan fingerprint density at radius 1 is 1.33 bits per heavy atom. The number of carbonyl (C=O) groups excluding carboxylic acids is 1. The average Bonchev–Trinajstić information content (AvgIpc) is 2.90. The Kier molecular flexibility index (Phi) is 4.83. The van der Waals surface area contributed by atoms with E-state index >= 15 is 0 Å². The van der Waals surface area contributed by atoms with Gasteiger partial charge < -0.3 is 15.7 Å². The Balaban J connectivity index is 1.79. The van der Waals surface area contributed by atoms with Crippen LogP contribution in [0.3, 0.4) is 0 Å². The highest BCUT2D eigenvalue weighted by molar-refractivity contribution is 7.09. The number of amides is 2. The molecule has 0 unspecified atom stereocenters. The molecule has 0 bridgehead atoms. The molecule has 1 heterocycles. The fourth-order valence-electron chi connectivity index (χ4n) is 1.54. The van der Waals surface area contributed by atoms with Gasteiger partial charge in [-0.05, 0) is 12.1 Å². The summed E-state index contributed by atoms with van der Waals surface area (Å²) < 4.78 is 13.3. The molecule has 2 rings (SSSR count). The van der Waals surface area contributed by atoms with Crippen LogP contribution in [0.2, 0.25) is 0 Å². The SMILES string of the molecule is O=C(NCCc1nc(C(=O)O)cs1)Nc1ccccc1F. The van der Waals surface area contributed by atoms with Crippen LogP contribution in [0.1, 0.15) is 15.5 Å². The van der Waals surface area contributed by atoms with Crippen LogP contribution in [0, 0.1) is 5.82 Å². The van der Waals surface area contributed by atoms with Crippen LogP contribution in [-0.2, 0) is 6.42 Å². The summed E-state index contributed by atoms with van der Waals surface area (Å²) in [4.78, 5) is 26.1. The zero-order valence-corrected chi connectivity index (χ0v) is 11.6. The van der Waals surface area contributed by atoms with Crippen molar-refractivity contribution in [2.24, 2.45) is 0 Å². The van der Waals surface area contributed by atoms with Gasteiger partial charge in [0.25, 0.3) is 0 Å². The van der Waals surface area contributed by atoms with Crippen LogP contribution in [0.25, 0.3) is 0 Å². The van der Waals surface area contributed by atoms with Gasteiger partial charge in [-0.25, -0.2) is 19.0 Å². The van der Waals surface area contributed by atoms with Crippen LogP contribution in [0.15, 0.2) is 29.6 Å². The predicted octanol–water partition coefficient (Wildman–Crippen LogP) is 2.34. The Hall–Kier alpha value is -2.48. The Morgan fingerprint density at radius 2 is 2.10 bits per heavy atom. The highest BCUT2D eigenvalue weighted by Gasteiger charge is 2.09. The Bertz CT molecular complexity index is 660. The van der Waals surface area contributed by atoms with E-state index in [1.165, 1.54) is 34.9 Å². The van der Waals surface area contributed by atoms with Crippen LogP contribution >= 0.6 is 11.3 Å². The Morgan fingerprint density at radius 3 is 2.76 bits per heavy atom. The third-order valence-electron chi connectivity index (χ3n) is 2.52. The summed E-state index contributed by atoms with van der Waals surface area (Å²) in [6, 6.07) is 5.31. The van der Waals surface area contributed by atoms with Gasteiger partial charge in [0.2, 0.25) is 0 Å². The van der Waals surface area contributed by atoms with Crippen molar-refractivity contribution in [3.05, 3.63) is 46.2 Å². The van der Waals surface area contributed by atoms with E-state index in [0.29, 0.717) is 11.4 Å². The Labute approximate surface area is 123 Å². The number of aromatic nitrogens is 1. The lowest BCUT2D eigenvalue weighted by molar-refractivity contribution is 0.0691. The van der Waals surface area contributed by atoms with Crippen molar-refractivity contribution >= 4 is 29.0 Å². The minimum absolute atomic E-state index is 0.00851. The fourth-order valence-corrected chi connectivity index (χ4v) is 2.31. The number of hydrogen-bond acceptors (Lipinski definition) is 4. The molecule has 0 atom stereocenters. The highest BCUT2D eigenvalue weighted by Crippen LogP contribution is 2.12. The van der Waals surface area contributed by atoms with Crippen LogP contribution in [0.4, 0.5) is 14.9 Å². The largest absolute Gasteiger partial charge is 0.476 e. The predicted molar refractivity (Wildman–Crippen MR) is 76.2 cm³/mol. The standard InChI is InChI=1S/C13H12FN3O3S/c14-8-3-1-2-4-9(8)17-13(20)15-6-5-11-16-10(7-21-11)12(18)19/h1-4,7H,5-6H2,(H,18,19)(H2,15,17,20). The minimum Gasteiger partial charge on any atom is -0.476 e. The normalized spacial score (nSPS) is 10.1. The lowest BCUT2D eigenvalue weighted by atomic mass is 10.3. The van der Waals surface area contributed by atoms with Crippen molar-refractivity contribution in [2.75, 3.05) is 11.9 Å². The molecule has 1 aromatic heterocycles. The first kappa shape index (κ1) is 14.9. The number of halogens is 1. The molecular weight excluding hydrogens is 297 g/mol. The number of thiazole rings is 1. The first-order chi connectivity index (χ1) is 10.1. The molecule has 0 fully saturated rings. The number of nitrogens with zero attached hydrogens (tertiary/aromatic N) is 1. The molecule has 0 aliphatic heterocycles. The molecular formula is C13H12FN3O3S. The third-order valence-corrected chi connectivity index (χ3v) is 3.43. The minimum atomic E-state index is -1.08. The molecule has 0 saturated carbocycles. The smallest absolute Gasteiger partial charge is 0.355 e. The molecule has 0 aliphatic carbocycles. The molecule has 8 heteroatoms. The number of anilines is 1. The summed E-state index contributed by atoms with van der Waals surface area (Å²) in [5, 5.41) is 15.7. The maximum Gasteiger partial charge on any atom is 0.355 e. The number of aromatic carboxylic acids is 1. The van der Waals surface area contributed by atoms with Gasteiger partial charge in [-0.3, -0.25) is 0 Å². The maximum absolute atomic E-state index is 13.3. The fraction of sp³-hybridized carbons (Fsp3) is 0.154. The molecule has 2 aromatic rings. The van der Waals surface area contributed by atoms with Crippen LogP contribution in [-0.4, -0.2) is 28.6 Å². The molecule has 2 amide bonds. The molecule has 0 aliphatic rings. The number of rotatable bonds is 5. The summed E-state index contributed by atoms with van der Waals surface area (Å²) in [6.45, 7) is 0.271. The molecule has 3 N–H and O–H groups in total. The van der Waals surface area contributed by atoms with Gasteiger partial charge in [-0.2, -0.15) is 0 Å². The van der Waals surface area contributed by atoms with Crippen LogP contribution in [0.5, 0.6) is 0 Å². The van der Waals surface area contributed by atoms with Gasteiger partial charge in [0.1, 0.15) is 5.82 Å². The summed E-state index contributed by atoms with van der Waals surface area (Å²) in [6.07, 6.45) is 0.405. The number of hydrogen-bond donors (Lipinski definition) is 3. The zero-order chi connectivity index (χ0) is 15.2. The number of urea groups is 1. The second-order valence-corrected chi connectivity index (χ2v) is 4.99. The van der Waals surface area contributed by atoms with Crippen LogP contribution < -0.4 is 10.6 Å². The highest BCUT2D eigenvalue weighted by atomic mass is 32.1. The van der Waals surface area contributed by atoms with E-state index in [-0.39, 0.29) is 17.9 Å². The van der Waals surface area contributed by atoms with E-state index in [4.69, 9.17) is 5.11 Å². The van der Waals surface area contributed by atoms with Gasteiger partial charge in [-0.15, -0.1) is 11.3 Å². The number of benzene rings is 1. The first-order valence-electron chi connectivity index (χ1n) is 6.03. The number of nitrogens with one attached hydrogen (secondary N) is 2. The molecule has 1 aromatic carbocycles. The monoisotopic (exact) mass is 309 g/mol. The lowest BCUT2D eigenvalue weighted by Crippen LogP contribution is -2.30. The van der Waals surface area contributed by atoms with Crippen molar-refractivity contribution in [2.45, 2.75) is 6.42 Å². The molecule has 6 nitrogen and oxygen atoms in total. The van der Waals surface area contributed by atoms with Crippen molar-refractivity contribution in [1.29, 1.82) is 0 Å². The van der Waals surface area contributed by atoms with E-state index in [9.17, 15) is 14.0 Å². The third kappa shape index (κ3) is 4.25. The van der Waals surface area contributed by atoms with Crippen molar-refractivity contribution in [1.82, 2.24) is 10.3 Å².